The van der Waals surface area contributed by atoms with Gasteiger partial charge in [0.1, 0.15) is 0 Å². The Morgan fingerprint density at radius 3 is 2.71 bits per heavy atom. The summed E-state index contributed by atoms with van der Waals surface area (Å²) >= 11 is 11.7. The van der Waals surface area contributed by atoms with Crippen LogP contribution >= 0.6 is 23.2 Å². The average molecular weight is 241 g/mol. The highest BCUT2D eigenvalue weighted by atomic mass is 35.5. The smallest absolute Gasteiger partial charge is 0.305 e. The summed E-state index contributed by atoms with van der Waals surface area (Å²) in [7, 11) is 1.34. The van der Waals surface area contributed by atoms with Gasteiger partial charge in [-0.05, 0) is 12.3 Å². The molecule has 0 radical (unpaired) electrons. The van der Waals surface area contributed by atoms with Crippen LogP contribution in [0.25, 0.3) is 0 Å². The van der Waals surface area contributed by atoms with E-state index < -0.39 is 6.10 Å². The van der Waals surface area contributed by atoms with Crippen molar-refractivity contribution in [1.82, 2.24) is 0 Å². The third kappa shape index (κ3) is 2.53. The van der Waals surface area contributed by atoms with Crippen molar-refractivity contribution in [3.05, 3.63) is 0 Å². The van der Waals surface area contributed by atoms with E-state index in [2.05, 4.69) is 4.74 Å². The minimum absolute atomic E-state index is 0.0726. The molecule has 3 nitrogen and oxygen atoms in total. The maximum atomic E-state index is 11.1. The zero-order chi connectivity index (χ0) is 10.7. The Bertz CT molecular complexity index is 210. The van der Waals surface area contributed by atoms with E-state index in [1.165, 1.54) is 7.11 Å². The number of hydrogen-bond acceptors (Lipinski definition) is 3. The van der Waals surface area contributed by atoms with Gasteiger partial charge < -0.3 is 9.84 Å². The van der Waals surface area contributed by atoms with Crippen LogP contribution in [0, 0.1) is 11.8 Å². The van der Waals surface area contributed by atoms with E-state index in [0.29, 0.717) is 12.3 Å². The van der Waals surface area contributed by atoms with Crippen molar-refractivity contribution in [3.63, 3.8) is 0 Å². The second-order valence-corrected chi connectivity index (χ2v) is 4.45. The minimum Gasteiger partial charge on any atom is -0.469 e. The van der Waals surface area contributed by atoms with Crippen LogP contribution in [-0.4, -0.2) is 35.5 Å². The molecule has 1 rings (SSSR count). The molecule has 5 heteroatoms. The number of hydrogen-bond donors (Lipinski definition) is 1. The first-order valence-corrected chi connectivity index (χ1v) is 5.52. The predicted molar refractivity (Wildman–Crippen MR) is 54.6 cm³/mol. The number of halogens is 2. The summed E-state index contributed by atoms with van der Waals surface area (Å²) in [6.45, 7) is 0. The third-order valence-corrected chi connectivity index (χ3v) is 3.64. The van der Waals surface area contributed by atoms with Gasteiger partial charge in [0, 0.05) is 17.2 Å². The number of rotatable bonds is 3. The lowest BCUT2D eigenvalue weighted by molar-refractivity contribution is -0.142. The molecule has 0 aromatic heterocycles. The van der Waals surface area contributed by atoms with Crippen molar-refractivity contribution < 1.29 is 14.6 Å². The topological polar surface area (TPSA) is 46.5 Å². The summed E-state index contributed by atoms with van der Waals surface area (Å²) in [5, 5.41) is 9.41. The molecule has 1 N–H and O–H groups in total. The summed E-state index contributed by atoms with van der Waals surface area (Å²) in [6.07, 6.45) is 0.240. The minimum atomic E-state index is -0.496. The zero-order valence-corrected chi connectivity index (χ0v) is 9.46. The van der Waals surface area contributed by atoms with E-state index >= 15 is 0 Å². The average Bonchev–Trinajstić information content (AvgIpc) is 2.41. The first kappa shape index (κ1) is 12.1. The van der Waals surface area contributed by atoms with Gasteiger partial charge in [0.15, 0.2) is 0 Å². The Kier molecular flexibility index (Phi) is 4.48. The van der Waals surface area contributed by atoms with E-state index in [4.69, 9.17) is 23.2 Å². The van der Waals surface area contributed by atoms with E-state index in [1.807, 2.05) is 0 Å². The van der Waals surface area contributed by atoms with E-state index in [0.717, 1.165) is 0 Å². The highest BCUT2D eigenvalue weighted by Gasteiger charge is 2.42. The largest absolute Gasteiger partial charge is 0.469 e. The lowest BCUT2D eigenvalue weighted by Crippen LogP contribution is -2.25. The number of carbonyl (C=O) groups excluding carboxylic acids is 1. The second kappa shape index (κ2) is 5.19. The molecule has 0 heterocycles. The number of carbonyl (C=O) groups is 1. The van der Waals surface area contributed by atoms with Gasteiger partial charge in [-0.2, -0.15) is 0 Å². The fraction of sp³-hybridized carbons (Fsp3) is 0.889. The SMILES string of the molecule is COC(=O)C[C@@H]1[C@@H](CCl)[C@H](O)C[C@H]1Cl. The highest BCUT2D eigenvalue weighted by molar-refractivity contribution is 6.21. The Morgan fingerprint density at radius 2 is 2.21 bits per heavy atom. The molecular formula is C9H14Cl2O3. The number of esters is 1. The van der Waals surface area contributed by atoms with Gasteiger partial charge in [0.25, 0.3) is 0 Å². The summed E-state index contributed by atoms with van der Waals surface area (Å²) < 4.78 is 4.57. The fourth-order valence-corrected chi connectivity index (χ4v) is 2.80. The van der Waals surface area contributed by atoms with Crippen LogP contribution in [0.5, 0.6) is 0 Å². The number of ether oxygens (including phenoxy) is 1. The van der Waals surface area contributed by atoms with Crippen molar-refractivity contribution >= 4 is 29.2 Å². The molecule has 0 saturated heterocycles. The highest BCUT2D eigenvalue weighted by Crippen LogP contribution is 2.38. The molecular weight excluding hydrogens is 227 g/mol. The maximum absolute atomic E-state index is 11.1. The molecule has 0 unspecified atom stereocenters. The fourth-order valence-electron chi connectivity index (χ4n) is 1.91. The van der Waals surface area contributed by atoms with Gasteiger partial charge in [-0.3, -0.25) is 4.79 Å². The molecule has 1 aliphatic rings. The Morgan fingerprint density at radius 1 is 1.57 bits per heavy atom. The second-order valence-electron chi connectivity index (χ2n) is 3.58. The third-order valence-electron chi connectivity index (χ3n) is 2.78. The lowest BCUT2D eigenvalue weighted by atomic mass is 9.93. The molecule has 0 aromatic carbocycles. The number of aliphatic hydroxyl groups is 1. The number of methoxy groups -OCH3 is 1. The normalized spacial score (nSPS) is 37.1. The molecule has 1 saturated carbocycles. The molecule has 0 aromatic rings. The van der Waals surface area contributed by atoms with Crippen molar-refractivity contribution in [2.45, 2.75) is 24.3 Å². The van der Waals surface area contributed by atoms with Crippen LogP contribution in [0.1, 0.15) is 12.8 Å². The van der Waals surface area contributed by atoms with E-state index in [-0.39, 0.29) is 29.6 Å². The molecule has 1 aliphatic carbocycles. The Balaban J connectivity index is 2.60. The van der Waals surface area contributed by atoms with Crippen LogP contribution in [0.2, 0.25) is 0 Å². The van der Waals surface area contributed by atoms with E-state index in [9.17, 15) is 9.90 Å². The Hall–Kier alpha value is 0.01000. The molecule has 0 amide bonds. The predicted octanol–water partition coefficient (Wildman–Crippen LogP) is 1.39. The summed E-state index contributed by atoms with van der Waals surface area (Å²) in [5.41, 5.74) is 0. The first-order valence-electron chi connectivity index (χ1n) is 4.55. The van der Waals surface area contributed by atoms with Gasteiger partial charge in [-0.25, -0.2) is 0 Å². The summed E-state index contributed by atoms with van der Waals surface area (Å²) in [4.78, 5) is 11.1. The molecule has 1 fully saturated rings. The van der Waals surface area contributed by atoms with Crippen LogP contribution in [0.15, 0.2) is 0 Å². The molecule has 0 spiro atoms. The maximum Gasteiger partial charge on any atom is 0.305 e. The summed E-state index contributed by atoms with van der Waals surface area (Å²) in [6, 6.07) is 0. The van der Waals surface area contributed by atoms with Crippen molar-refractivity contribution in [3.8, 4) is 0 Å². The molecule has 82 valence electrons. The van der Waals surface area contributed by atoms with Gasteiger partial charge in [-0.15, -0.1) is 23.2 Å². The molecule has 14 heavy (non-hydrogen) atoms. The van der Waals surface area contributed by atoms with Crippen LogP contribution in [0.4, 0.5) is 0 Å². The Labute approximate surface area is 93.3 Å². The van der Waals surface area contributed by atoms with Crippen LogP contribution < -0.4 is 0 Å². The number of alkyl halides is 2. The number of aliphatic hydroxyl groups excluding tert-OH is 1. The quantitative estimate of drug-likeness (QED) is 0.600. The van der Waals surface area contributed by atoms with Gasteiger partial charge in [0.05, 0.1) is 19.6 Å². The van der Waals surface area contributed by atoms with Crippen molar-refractivity contribution in [2.24, 2.45) is 11.8 Å². The van der Waals surface area contributed by atoms with Gasteiger partial charge >= 0.3 is 5.97 Å². The molecule has 4 atom stereocenters. The zero-order valence-electron chi connectivity index (χ0n) is 7.95. The van der Waals surface area contributed by atoms with Gasteiger partial charge in [-0.1, -0.05) is 0 Å². The van der Waals surface area contributed by atoms with Crippen LogP contribution in [-0.2, 0) is 9.53 Å². The first-order chi connectivity index (χ1) is 6.60. The van der Waals surface area contributed by atoms with Gasteiger partial charge in [0.2, 0.25) is 0 Å². The standard InChI is InChI=1S/C9H14Cl2O3/c1-14-9(13)2-5-6(4-10)8(12)3-7(5)11/h5-8,12H,2-4H2,1H3/t5-,6-,7-,8-/m1/s1. The van der Waals surface area contributed by atoms with Crippen molar-refractivity contribution in [2.75, 3.05) is 13.0 Å². The van der Waals surface area contributed by atoms with Crippen LogP contribution in [0.3, 0.4) is 0 Å². The molecule has 0 bridgehead atoms. The monoisotopic (exact) mass is 240 g/mol. The van der Waals surface area contributed by atoms with E-state index in [1.54, 1.807) is 0 Å². The summed E-state index contributed by atoms with van der Waals surface area (Å²) in [5.74, 6) is -0.147. The lowest BCUT2D eigenvalue weighted by Gasteiger charge is -2.19. The van der Waals surface area contributed by atoms with Crippen molar-refractivity contribution in [1.29, 1.82) is 0 Å². The molecule has 0 aliphatic heterocycles.